The fourth-order valence-corrected chi connectivity index (χ4v) is 2.95. The van der Waals surface area contributed by atoms with Crippen LogP contribution in [0.2, 0.25) is 0 Å². The summed E-state index contributed by atoms with van der Waals surface area (Å²) in [6.45, 7) is 7.07. The third kappa shape index (κ3) is 14.7. The summed E-state index contributed by atoms with van der Waals surface area (Å²) in [7, 11) is 0. The maximum atomic E-state index is 9.11. The molecule has 0 aromatic heterocycles. The van der Waals surface area contributed by atoms with Gasteiger partial charge in [0.15, 0.2) is 0 Å². The number of aliphatic hydroxyl groups is 1. The standard InChI is InChI=1S/C20H42O/c1-4-5-6-7-8-9-10-11-12-13-14-15-16-17-19(2)20(3)18-21/h19-21H,4-18H2,1-3H3/t19?,20-/m0/s1. The van der Waals surface area contributed by atoms with Crippen molar-refractivity contribution in [3.63, 3.8) is 0 Å². The minimum atomic E-state index is 0.347. The molecule has 1 N–H and O–H groups in total. The van der Waals surface area contributed by atoms with Crippen LogP contribution in [0.4, 0.5) is 0 Å². The van der Waals surface area contributed by atoms with Gasteiger partial charge in [0, 0.05) is 6.61 Å². The van der Waals surface area contributed by atoms with Crippen LogP contribution in [-0.4, -0.2) is 11.7 Å². The fourth-order valence-electron chi connectivity index (χ4n) is 2.95. The summed E-state index contributed by atoms with van der Waals surface area (Å²) in [5.74, 6) is 1.16. The average Bonchev–Trinajstić information content (AvgIpc) is 2.50. The molecular weight excluding hydrogens is 256 g/mol. The molecule has 2 atom stereocenters. The Balaban J connectivity index is 3.09. The first-order valence-electron chi connectivity index (χ1n) is 9.83. The summed E-state index contributed by atoms with van der Waals surface area (Å²) in [5, 5.41) is 9.11. The Hall–Kier alpha value is -0.0400. The van der Waals surface area contributed by atoms with Gasteiger partial charge in [0.05, 0.1) is 0 Å². The molecule has 21 heavy (non-hydrogen) atoms. The molecule has 0 rings (SSSR count). The van der Waals surface area contributed by atoms with Crippen LogP contribution in [-0.2, 0) is 0 Å². The molecule has 0 saturated carbocycles. The first-order chi connectivity index (χ1) is 10.2. The molecule has 0 aliphatic carbocycles. The second-order valence-corrected chi connectivity index (χ2v) is 7.17. The van der Waals surface area contributed by atoms with Crippen LogP contribution in [0, 0.1) is 11.8 Å². The molecule has 1 heteroatoms. The van der Waals surface area contributed by atoms with E-state index in [0.29, 0.717) is 18.4 Å². The van der Waals surface area contributed by atoms with Crippen molar-refractivity contribution in [2.24, 2.45) is 11.8 Å². The van der Waals surface area contributed by atoms with Crippen LogP contribution >= 0.6 is 0 Å². The lowest BCUT2D eigenvalue weighted by Gasteiger charge is -2.17. The Labute approximate surface area is 134 Å². The van der Waals surface area contributed by atoms with Crippen LogP contribution in [0.5, 0.6) is 0 Å². The molecule has 0 aliphatic heterocycles. The van der Waals surface area contributed by atoms with Crippen molar-refractivity contribution >= 4 is 0 Å². The topological polar surface area (TPSA) is 20.2 Å². The Morgan fingerprint density at radius 2 is 0.952 bits per heavy atom. The highest BCUT2D eigenvalue weighted by atomic mass is 16.3. The first kappa shape index (κ1) is 21.0. The number of hydrogen-bond acceptors (Lipinski definition) is 1. The van der Waals surface area contributed by atoms with Crippen LogP contribution < -0.4 is 0 Å². The summed E-state index contributed by atoms with van der Waals surface area (Å²) in [6, 6.07) is 0. The molecule has 0 fully saturated rings. The third-order valence-electron chi connectivity index (χ3n) is 5.02. The molecule has 0 bridgehead atoms. The number of hydrogen-bond donors (Lipinski definition) is 1. The van der Waals surface area contributed by atoms with Crippen LogP contribution in [0.1, 0.15) is 111 Å². The Morgan fingerprint density at radius 1 is 0.571 bits per heavy atom. The van der Waals surface area contributed by atoms with E-state index in [0.717, 1.165) is 0 Å². The van der Waals surface area contributed by atoms with Crippen molar-refractivity contribution in [2.75, 3.05) is 6.61 Å². The van der Waals surface area contributed by atoms with Crippen molar-refractivity contribution in [3.05, 3.63) is 0 Å². The third-order valence-corrected chi connectivity index (χ3v) is 5.02. The SMILES string of the molecule is CCCCCCCCCCCCCCCC(C)[C@@H](C)CO. The van der Waals surface area contributed by atoms with Gasteiger partial charge in [-0.3, -0.25) is 0 Å². The molecular formula is C20H42O. The van der Waals surface area contributed by atoms with E-state index in [2.05, 4.69) is 20.8 Å². The van der Waals surface area contributed by atoms with E-state index < -0.39 is 0 Å². The molecule has 0 amide bonds. The van der Waals surface area contributed by atoms with Crippen molar-refractivity contribution < 1.29 is 5.11 Å². The van der Waals surface area contributed by atoms with Crippen LogP contribution in [0.15, 0.2) is 0 Å². The van der Waals surface area contributed by atoms with E-state index in [4.69, 9.17) is 5.11 Å². The summed E-state index contributed by atoms with van der Waals surface area (Å²) >= 11 is 0. The van der Waals surface area contributed by atoms with Crippen LogP contribution in [0.3, 0.4) is 0 Å². The largest absolute Gasteiger partial charge is 0.396 e. The Kier molecular flexibility index (Phi) is 16.3. The van der Waals surface area contributed by atoms with Crippen LogP contribution in [0.25, 0.3) is 0 Å². The zero-order valence-corrected chi connectivity index (χ0v) is 15.2. The summed E-state index contributed by atoms with van der Waals surface area (Å²) < 4.78 is 0. The van der Waals surface area contributed by atoms with Gasteiger partial charge in [-0.15, -0.1) is 0 Å². The molecule has 1 unspecified atom stereocenters. The maximum absolute atomic E-state index is 9.11. The van der Waals surface area contributed by atoms with E-state index in [-0.39, 0.29) is 0 Å². The normalized spacial score (nSPS) is 14.3. The van der Waals surface area contributed by atoms with Gasteiger partial charge in [-0.05, 0) is 11.8 Å². The molecule has 0 saturated heterocycles. The molecule has 0 aromatic rings. The quantitative estimate of drug-likeness (QED) is 0.313. The van der Waals surface area contributed by atoms with Crippen molar-refractivity contribution in [1.82, 2.24) is 0 Å². The lowest BCUT2D eigenvalue weighted by Crippen LogP contribution is -2.11. The van der Waals surface area contributed by atoms with Gasteiger partial charge in [0.1, 0.15) is 0 Å². The van der Waals surface area contributed by atoms with Crippen molar-refractivity contribution in [1.29, 1.82) is 0 Å². The molecule has 0 radical (unpaired) electrons. The second-order valence-electron chi connectivity index (χ2n) is 7.17. The van der Waals surface area contributed by atoms with Gasteiger partial charge in [-0.2, -0.15) is 0 Å². The van der Waals surface area contributed by atoms with E-state index in [1.807, 2.05) is 0 Å². The molecule has 0 heterocycles. The van der Waals surface area contributed by atoms with Gasteiger partial charge < -0.3 is 5.11 Å². The molecule has 0 aliphatic rings. The van der Waals surface area contributed by atoms with Crippen molar-refractivity contribution in [3.8, 4) is 0 Å². The van der Waals surface area contributed by atoms with Gasteiger partial charge in [0.2, 0.25) is 0 Å². The predicted octanol–water partition coefficient (Wildman–Crippen LogP) is 6.73. The van der Waals surface area contributed by atoms with E-state index >= 15 is 0 Å². The summed E-state index contributed by atoms with van der Waals surface area (Å²) in [4.78, 5) is 0. The Bertz CT molecular complexity index is 190. The van der Waals surface area contributed by atoms with Crippen molar-refractivity contribution in [2.45, 2.75) is 111 Å². The van der Waals surface area contributed by atoms with E-state index in [1.165, 1.54) is 89.9 Å². The summed E-state index contributed by atoms with van der Waals surface area (Å²) in [5.41, 5.74) is 0. The average molecular weight is 299 g/mol. The smallest absolute Gasteiger partial charge is 0.0459 e. The monoisotopic (exact) mass is 298 g/mol. The van der Waals surface area contributed by atoms with E-state index in [1.54, 1.807) is 0 Å². The highest BCUT2D eigenvalue weighted by Crippen LogP contribution is 2.19. The minimum absolute atomic E-state index is 0.347. The van der Waals surface area contributed by atoms with Gasteiger partial charge >= 0.3 is 0 Å². The van der Waals surface area contributed by atoms with Gasteiger partial charge in [0.25, 0.3) is 0 Å². The highest BCUT2D eigenvalue weighted by molar-refractivity contribution is 4.60. The lowest BCUT2D eigenvalue weighted by molar-refractivity contribution is 0.188. The number of aliphatic hydroxyl groups excluding tert-OH is 1. The molecule has 128 valence electrons. The lowest BCUT2D eigenvalue weighted by atomic mass is 9.91. The first-order valence-corrected chi connectivity index (χ1v) is 9.83. The summed E-state index contributed by atoms with van der Waals surface area (Å²) in [6.07, 6.45) is 19.8. The molecule has 0 spiro atoms. The van der Waals surface area contributed by atoms with Gasteiger partial charge in [-0.1, -0.05) is 111 Å². The zero-order valence-electron chi connectivity index (χ0n) is 15.2. The highest BCUT2D eigenvalue weighted by Gasteiger charge is 2.09. The second kappa shape index (κ2) is 16.3. The zero-order chi connectivity index (χ0) is 15.8. The minimum Gasteiger partial charge on any atom is -0.396 e. The predicted molar refractivity (Wildman–Crippen MR) is 95.7 cm³/mol. The molecule has 0 aromatic carbocycles. The molecule has 1 nitrogen and oxygen atoms in total. The maximum Gasteiger partial charge on any atom is 0.0459 e. The number of unbranched alkanes of at least 4 members (excludes halogenated alkanes) is 12. The Morgan fingerprint density at radius 3 is 1.33 bits per heavy atom. The van der Waals surface area contributed by atoms with E-state index in [9.17, 15) is 0 Å². The van der Waals surface area contributed by atoms with Gasteiger partial charge in [-0.25, -0.2) is 0 Å². The fraction of sp³-hybridized carbons (Fsp3) is 1.00. The number of rotatable bonds is 16.